The Labute approximate surface area is 157 Å². The number of hydrogen-bond donors (Lipinski definition) is 5. The highest BCUT2D eigenvalue weighted by Gasteiger charge is 2.30. The maximum atomic E-state index is 10.4. The summed E-state index contributed by atoms with van der Waals surface area (Å²) in [6, 6.07) is 7.08. The normalized spacial score (nSPS) is 23.7. The number of anilines is 2. The van der Waals surface area contributed by atoms with Crippen molar-refractivity contribution in [3.63, 3.8) is 0 Å². The zero-order valence-electron chi connectivity index (χ0n) is 15.0. The van der Waals surface area contributed by atoms with Crippen molar-refractivity contribution in [3.05, 3.63) is 30.0 Å². The van der Waals surface area contributed by atoms with Gasteiger partial charge in [-0.05, 0) is 50.2 Å². The first-order valence-corrected chi connectivity index (χ1v) is 9.31. The van der Waals surface area contributed by atoms with Crippen molar-refractivity contribution in [2.75, 3.05) is 36.8 Å². The first-order chi connectivity index (χ1) is 13.0. The molecule has 0 bridgehead atoms. The number of phenolic OH excluding ortho intramolecular Hbond substituents is 1. The number of aromatic nitrogens is 2. The van der Waals surface area contributed by atoms with Crippen LogP contribution in [0, 0.1) is 0 Å². The largest absolute Gasteiger partial charge is 0.507 e. The highest BCUT2D eigenvalue weighted by Crippen LogP contribution is 2.35. The molecular weight excluding hydrogens is 346 g/mol. The lowest BCUT2D eigenvalue weighted by atomic mass is 9.93. The highest BCUT2D eigenvalue weighted by molar-refractivity contribution is 5.73. The minimum Gasteiger partial charge on any atom is -0.507 e. The maximum Gasteiger partial charge on any atom is 0.220 e. The van der Waals surface area contributed by atoms with Crippen LogP contribution in [0.25, 0.3) is 11.3 Å². The summed E-state index contributed by atoms with van der Waals surface area (Å²) in [7, 11) is 0. The van der Waals surface area contributed by atoms with E-state index < -0.39 is 12.2 Å². The zero-order valence-corrected chi connectivity index (χ0v) is 15.0. The number of phenols is 1. The van der Waals surface area contributed by atoms with Gasteiger partial charge in [-0.2, -0.15) is 0 Å². The summed E-state index contributed by atoms with van der Waals surface area (Å²) in [6.45, 7) is 2.59. The van der Waals surface area contributed by atoms with E-state index in [-0.39, 0.29) is 11.7 Å². The Hall–Kier alpha value is -2.42. The molecular formula is C19H25N5O3. The minimum absolute atomic E-state index is 0.105. The Morgan fingerprint density at radius 1 is 1.04 bits per heavy atom. The smallest absolute Gasteiger partial charge is 0.220 e. The number of nitrogens with two attached hydrogens (primary N) is 1. The summed E-state index contributed by atoms with van der Waals surface area (Å²) in [4.78, 5) is 10.6. The molecule has 2 aliphatic heterocycles. The van der Waals surface area contributed by atoms with Gasteiger partial charge in [0.1, 0.15) is 5.75 Å². The Morgan fingerprint density at radius 2 is 1.74 bits per heavy atom. The third-order valence-corrected chi connectivity index (χ3v) is 5.40. The Bertz CT molecular complexity index is 815. The predicted molar refractivity (Wildman–Crippen MR) is 103 cm³/mol. The van der Waals surface area contributed by atoms with Crippen LogP contribution in [0.4, 0.5) is 11.6 Å². The number of piperidine rings is 1. The summed E-state index contributed by atoms with van der Waals surface area (Å²) < 4.78 is 0. The number of aromatic hydroxyl groups is 1. The van der Waals surface area contributed by atoms with E-state index in [0.29, 0.717) is 30.3 Å². The standard InChI is InChI=1S/C19H25N5O3/c20-19-22-14(11-3-5-21-6-4-11)8-15(23-19)13-7-12(1-2-16(13)25)24-9-17(26)18(27)10-24/h1-2,7-8,11,17-18,21,25-27H,3-6,9-10H2,(H2,20,22,23)/t17-,18-/m0/s1. The lowest BCUT2D eigenvalue weighted by Crippen LogP contribution is -2.27. The van der Waals surface area contributed by atoms with E-state index in [0.717, 1.165) is 37.3 Å². The fraction of sp³-hybridized carbons (Fsp3) is 0.474. The summed E-state index contributed by atoms with van der Waals surface area (Å²) in [5, 5.41) is 33.3. The Morgan fingerprint density at radius 3 is 2.44 bits per heavy atom. The predicted octanol–water partition coefficient (Wildman–Crippen LogP) is 0.440. The van der Waals surface area contributed by atoms with Crippen LogP contribution in [0.15, 0.2) is 24.3 Å². The average molecular weight is 371 g/mol. The Balaban J connectivity index is 1.68. The number of nitrogens with one attached hydrogen (secondary N) is 1. The van der Waals surface area contributed by atoms with Crippen LogP contribution in [0.3, 0.4) is 0 Å². The van der Waals surface area contributed by atoms with E-state index in [2.05, 4.69) is 15.3 Å². The molecule has 2 atom stereocenters. The van der Waals surface area contributed by atoms with E-state index in [1.807, 2.05) is 17.0 Å². The van der Waals surface area contributed by atoms with Gasteiger partial charge in [0.2, 0.25) is 5.95 Å². The van der Waals surface area contributed by atoms with Crippen molar-refractivity contribution in [1.29, 1.82) is 0 Å². The van der Waals surface area contributed by atoms with Gasteiger partial charge in [0, 0.05) is 36.0 Å². The quantitative estimate of drug-likeness (QED) is 0.526. The van der Waals surface area contributed by atoms with Crippen molar-refractivity contribution in [2.24, 2.45) is 0 Å². The van der Waals surface area contributed by atoms with Gasteiger partial charge in [-0.3, -0.25) is 0 Å². The molecule has 0 amide bonds. The van der Waals surface area contributed by atoms with Crippen LogP contribution < -0.4 is 16.0 Å². The third-order valence-electron chi connectivity index (χ3n) is 5.40. The maximum absolute atomic E-state index is 10.4. The minimum atomic E-state index is -0.775. The third kappa shape index (κ3) is 3.69. The van der Waals surface area contributed by atoms with Crippen LogP contribution in [-0.4, -0.2) is 63.7 Å². The number of aliphatic hydroxyl groups excluding tert-OH is 2. The van der Waals surface area contributed by atoms with Crippen molar-refractivity contribution < 1.29 is 15.3 Å². The molecule has 0 radical (unpaired) electrons. The molecule has 0 spiro atoms. The molecule has 8 heteroatoms. The molecule has 6 N–H and O–H groups in total. The van der Waals surface area contributed by atoms with E-state index in [4.69, 9.17) is 5.73 Å². The molecule has 2 aliphatic rings. The fourth-order valence-electron chi connectivity index (χ4n) is 3.86. The van der Waals surface area contributed by atoms with Gasteiger partial charge in [0.05, 0.1) is 17.9 Å². The second kappa shape index (κ2) is 7.30. The van der Waals surface area contributed by atoms with Crippen LogP contribution in [0.1, 0.15) is 24.5 Å². The molecule has 1 aromatic carbocycles. The summed E-state index contributed by atoms with van der Waals surface area (Å²) in [5.41, 5.74) is 8.80. The van der Waals surface area contributed by atoms with Crippen molar-refractivity contribution in [2.45, 2.75) is 31.0 Å². The van der Waals surface area contributed by atoms with Gasteiger partial charge in [0.25, 0.3) is 0 Å². The fourth-order valence-corrected chi connectivity index (χ4v) is 3.86. The molecule has 4 rings (SSSR count). The first kappa shape index (κ1) is 18.0. The monoisotopic (exact) mass is 371 g/mol. The number of aliphatic hydroxyl groups is 2. The molecule has 144 valence electrons. The zero-order chi connectivity index (χ0) is 19.0. The second-order valence-corrected chi connectivity index (χ2v) is 7.30. The molecule has 0 aliphatic carbocycles. The SMILES string of the molecule is Nc1nc(-c2cc(N3C[C@H](O)[C@@H](O)C3)ccc2O)cc(C2CCNCC2)n1. The van der Waals surface area contributed by atoms with Gasteiger partial charge in [-0.25, -0.2) is 9.97 Å². The number of nitrogens with zero attached hydrogens (tertiary/aromatic N) is 3. The van der Waals surface area contributed by atoms with Gasteiger partial charge in [0.15, 0.2) is 0 Å². The van der Waals surface area contributed by atoms with E-state index in [9.17, 15) is 15.3 Å². The average Bonchev–Trinajstić information content (AvgIpc) is 3.01. The van der Waals surface area contributed by atoms with Crippen molar-refractivity contribution in [3.8, 4) is 17.0 Å². The molecule has 0 saturated carbocycles. The molecule has 8 nitrogen and oxygen atoms in total. The number of hydrogen-bond acceptors (Lipinski definition) is 8. The van der Waals surface area contributed by atoms with Gasteiger partial charge in [-0.1, -0.05) is 0 Å². The molecule has 0 unspecified atom stereocenters. The lowest BCUT2D eigenvalue weighted by molar-refractivity contribution is 0.0572. The van der Waals surface area contributed by atoms with Gasteiger partial charge >= 0.3 is 0 Å². The van der Waals surface area contributed by atoms with Gasteiger partial charge in [-0.15, -0.1) is 0 Å². The number of benzene rings is 1. The molecule has 2 fully saturated rings. The molecule has 2 saturated heterocycles. The van der Waals surface area contributed by atoms with E-state index in [1.54, 1.807) is 12.1 Å². The van der Waals surface area contributed by atoms with E-state index >= 15 is 0 Å². The van der Waals surface area contributed by atoms with E-state index in [1.165, 1.54) is 0 Å². The highest BCUT2D eigenvalue weighted by atomic mass is 16.3. The van der Waals surface area contributed by atoms with Crippen LogP contribution >= 0.6 is 0 Å². The van der Waals surface area contributed by atoms with Crippen LogP contribution in [0.5, 0.6) is 5.75 Å². The van der Waals surface area contributed by atoms with Gasteiger partial charge < -0.3 is 31.3 Å². The molecule has 3 heterocycles. The molecule has 27 heavy (non-hydrogen) atoms. The summed E-state index contributed by atoms with van der Waals surface area (Å²) >= 11 is 0. The summed E-state index contributed by atoms with van der Waals surface area (Å²) in [5.74, 6) is 0.621. The number of β-amino-alcohol motifs (C(OH)–C–C–N with tert-alkyl or cyclic N) is 2. The van der Waals surface area contributed by atoms with Crippen LogP contribution in [0.2, 0.25) is 0 Å². The number of nitrogen functional groups attached to an aromatic ring is 1. The Kier molecular flexibility index (Phi) is 4.86. The topological polar surface area (TPSA) is 128 Å². The van der Waals surface area contributed by atoms with Crippen LogP contribution in [-0.2, 0) is 0 Å². The van der Waals surface area contributed by atoms with Crippen molar-refractivity contribution >= 4 is 11.6 Å². The first-order valence-electron chi connectivity index (χ1n) is 9.31. The molecule has 2 aromatic rings. The second-order valence-electron chi connectivity index (χ2n) is 7.30. The lowest BCUT2D eigenvalue weighted by Gasteiger charge is -2.23. The molecule has 1 aromatic heterocycles. The summed E-state index contributed by atoms with van der Waals surface area (Å²) in [6.07, 6.45) is 0.434. The van der Waals surface area contributed by atoms with Crippen molar-refractivity contribution in [1.82, 2.24) is 15.3 Å². The number of rotatable bonds is 3.